The van der Waals surface area contributed by atoms with E-state index in [1.54, 1.807) is 7.05 Å². The van der Waals surface area contributed by atoms with Crippen LogP contribution in [0.3, 0.4) is 0 Å². The van der Waals surface area contributed by atoms with Crippen LogP contribution in [-0.2, 0) is 6.54 Å². The van der Waals surface area contributed by atoms with Gasteiger partial charge in [-0.3, -0.25) is 4.99 Å². The second kappa shape index (κ2) is 5.38. The number of hydrogen-bond donors (Lipinski definition) is 2. The Morgan fingerprint density at radius 2 is 1.82 bits per heavy atom. The average molecular weight is 297 g/mol. The van der Waals surface area contributed by atoms with Crippen LogP contribution in [0.2, 0.25) is 0 Å². The van der Waals surface area contributed by atoms with Crippen molar-refractivity contribution < 1.29 is 0 Å². The van der Waals surface area contributed by atoms with Crippen molar-refractivity contribution in [3.63, 3.8) is 0 Å². The van der Waals surface area contributed by atoms with E-state index in [0.29, 0.717) is 5.54 Å². The predicted molar refractivity (Wildman–Crippen MR) is 92.1 cm³/mol. The topological polar surface area (TPSA) is 50.4 Å². The van der Waals surface area contributed by atoms with Crippen molar-refractivity contribution in [2.45, 2.75) is 50.6 Å². The first kappa shape index (κ1) is 14.3. The van der Waals surface area contributed by atoms with E-state index in [1.807, 2.05) is 6.21 Å². The maximum atomic E-state index is 6.12. The summed E-state index contributed by atoms with van der Waals surface area (Å²) in [6.45, 7) is 0.944. The fourth-order valence-corrected chi connectivity index (χ4v) is 5.61. The Hall–Kier alpha value is -1.35. The molecule has 0 amide bonds. The summed E-state index contributed by atoms with van der Waals surface area (Å²) in [5, 5.41) is 3.93. The van der Waals surface area contributed by atoms with E-state index in [1.165, 1.54) is 44.1 Å². The lowest BCUT2D eigenvalue weighted by Crippen LogP contribution is -2.58. The van der Waals surface area contributed by atoms with Crippen LogP contribution >= 0.6 is 0 Å². The molecule has 1 aromatic rings. The molecule has 0 aromatic heterocycles. The van der Waals surface area contributed by atoms with Crippen molar-refractivity contribution in [2.24, 2.45) is 22.7 Å². The minimum Gasteiger partial charge on any atom is -0.398 e. The normalized spacial score (nSPS) is 36.3. The highest BCUT2D eigenvalue weighted by Crippen LogP contribution is 2.55. The molecule has 3 N–H and O–H groups in total. The summed E-state index contributed by atoms with van der Waals surface area (Å²) in [5.74, 6) is 2.98. The third-order valence-corrected chi connectivity index (χ3v) is 6.13. The van der Waals surface area contributed by atoms with Gasteiger partial charge in [0.25, 0.3) is 0 Å². The van der Waals surface area contributed by atoms with E-state index < -0.39 is 0 Å². The van der Waals surface area contributed by atoms with Gasteiger partial charge in [-0.1, -0.05) is 12.1 Å². The Morgan fingerprint density at radius 3 is 2.36 bits per heavy atom. The highest BCUT2D eigenvalue weighted by atomic mass is 15.0. The molecule has 4 aliphatic rings. The first-order chi connectivity index (χ1) is 10.7. The van der Waals surface area contributed by atoms with Gasteiger partial charge in [0.05, 0.1) is 0 Å². The molecule has 22 heavy (non-hydrogen) atoms. The standard InChI is InChI=1S/C19H27N3/c1-21-12-17-3-2-13(7-18(17)20)11-22-19-8-14-4-15(9-19)6-16(5-14)10-19/h2-3,7,12,14-16,22H,4-6,8-11,20H2,1H3/b21-12-. The molecule has 0 saturated heterocycles. The van der Waals surface area contributed by atoms with E-state index >= 15 is 0 Å². The van der Waals surface area contributed by atoms with E-state index in [4.69, 9.17) is 5.73 Å². The number of benzene rings is 1. The van der Waals surface area contributed by atoms with Crippen LogP contribution in [0.15, 0.2) is 23.2 Å². The van der Waals surface area contributed by atoms with Crippen LogP contribution in [0.4, 0.5) is 5.69 Å². The Balaban J connectivity index is 1.45. The minimum absolute atomic E-state index is 0.424. The molecule has 4 bridgehead atoms. The van der Waals surface area contributed by atoms with Crippen molar-refractivity contribution >= 4 is 11.9 Å². The Kier molecular flexibility index (Phi) is 3.48. The van der Waals surface area contributed by atoms with Crippen molar-refractivity contribution in [2.75, 3.05) is 12.8 Å². The van der Waals surface area contributed by atoms with Gasteiger partial charge in [-0.05, 0) is 67.9 Å². The van der Waals surface area contributed by atoms with Crippen LogP contribution in [0, 0.1) is 17.8 Å². The summed E-state index contributed by atoms with van der Waals surface area (Å²) in [5.41, 5.74) is 9.69. The molecule has 0 heterocycles. The molecule has 0 spiro atoms. The molecule has 0 atom stereocenters. The molecule has 3 nitrogen and oxygen atoms in total. The van der Waals surface area contributed by atoms with Gasteiger partial charge in [-0.25, -0.2) is 0 Å². The monoisotopic (exact) mass is 297 g/mol. The average Bonchev–Trinajstić information content (AvgIpc) is 2.46. The molecular formula is C19H27N3. The lowest BCUT2D eigenvalue weighted by molar-refractivity contribution is -0.0206. The molecule has 4 saturated carbocycles. The van der Waals surface area contributed by atoms with Gasteiger partial charge in [0.1, 0.15) is 0 Å². The first-order valence-electron chi connectivity index (χ1n) is 8.71. The van der Waals surface area contributed by atoms with Crippen LogP contribution in [0.1, 0.15) is 49.7 Å². The first-order valence-corrected chi connectivity index (χ1v) is 8.71. The molecule has 1 aromatic carbocycles. The van der Waals surface area contributed by atoms with Crippen LogP contribution in [0.25, 0.3) is 0 Å². The zero-order chi connectivity index (χ0) is 15.2. The SMILES string of the molecule is C/N=C\c1ccc(CNC23CC4CC(CC(C4)C2)C3)cc1N. The summed E-state index contributed by atoms with van der Waals surface area (Å²) >= 11 is 0. The fraction of sp³-hybridized carbons (Fsp3) is 0.632. The third kappa shape index (κ3) is 2.56. The second-order valence-electron chi connectivity index (χ2n) is 7.90. The molecule has 118 valence electrons. The van der Waals surface area contributed by atoms with E-state index in [2.05, 4.69) is 28.5 Å². The van der Waals surface area contributed by atoms with Crippen LogP contribution < -0.4 is 11.1 Å². The van der Waals surface area contributed by atoms with Gasteiger partial charge in [0, 0.05) is 36.6 Å². The number of nitrogens with zero attached hydrogens (tertiary/aromatic N) is 1. The quantitative estimate of drug-likeness (QED) is 0.661. The Labute approximate surface area is 133 Å². The number of anilines is 1. The van der Waals surface area contributed by atoms with Gasteiger partial charge in [0.2, 0.25) is 0 Å². The van der Waals surface area contributed by atoms with Crippen molar-refractivity contribution in [1.82, 2.24) is 5.32 Å². The van der Waals surface area contributed by atoms with Crippen molar-refractivity contribution in [1.29, 1.82) is 0 Å². The lowest BCUT2D eigenvalue weighted by Gasteiger charge is -2.57. The van der Waals surface area contributed by atoms with Gasteiger partial charge in [-0.2, -0.15) is 0 Å². The third-order valence-electron chi connectivity index (χ3n) is 6.13. The fourth-order valence-electron chi connectivity index (χ4n) is 5.61. The molecule has 0 aliphatic heterocycles. The number of nitrogen functional groups attached to an aromatic ring is 1. The summed E-state index contributed by atoms with van der Waals surface area (Å²) in [6.07, 6.45) is 10.5. The number of nitrogens with one attached hydrogen (secondary N) is 1. The highest BCUT2D eigenvalue weighted by molar-refractivity contribution is 5.86. The number of nitrogens with two attached hydrogens (primary N) is 1. The molecule has 4 aliphatic carbocycles. The second-order valence-corrected chi connectivity index (χ2v) is 7.90. The van der Waals surface area contributed by atoms with Gasteiger partial charge in [-0.15, -0.1) is 0 Å². The van der Waals surface area contributed by atoms with Gasteiger partial charge >= 0.3 is 0 Å². The summed E-state index contributed by atoms with van der Waals surface area (Å²) in [4.78, 5) is 4.05. The molecule has 5 rings (SSSR count). The van der Waals surface area contributed by atoms with E-state index in [9.17, 15) is 0 Å². The van der Waals surface area contributed by atoms with Gasteiger partial charge in [0.15, 0.2) is 0 Å². The summed E-state index contributed by atoms with van der Waals surface area (Å²) in [7, 11) is 1.78. The van der Waals surface area contributed by atoms with Crippen LogP contribution in [-0.4, -0.2) is 18.8 Å². The molecule has 0 unspecified atom stereocenters. The Morgan fingerprint density at radius 1 is 1.18 bits per heavy atom. The Bertz CT molecular complexity index is 555. The molecule has 0 radical (unpaired) electrons. The van der Waals surface area contributed by atoms with Gasteiger partial charge < -0.3 is 11.1 Å². The number of aliphatic imine (C=N–C) groups is 1. The maximum absolute atomic E-state index is 6.12. The van der Waals surface area contributed by atoms with Crippen molar-refractivity contribution in [3.8, 4) is 0 Å². The van der Waals surface area contributed by atoms with Crippen molar-refractivity contribution in [3.05, 3.63) is 29.3 Å². The minimum atomic E-state index is 0.424. The maximum Gasteiger partial charge on any atom is 0.0406 e. The zero-order valence-corrected chi connectivity index (χ0v) is 13.5. The van der Waals surface area contributed by atoms with Crippen LogP contribution in [0.5, 0.6) is 0 Å². The number of hydrogen-bond acceptors (Lipinski definition) is 3. The summed E-state index contributed by atoms with van der Waals surface area (Å²) < 4.78 is 0. The molecule has 4 fully saturated rings. The zero-order valence-electron chi connectivity index (χ0n) is 13.5. The molecular weight excluding hydrogens is 270 g/mol. The molecule has 3 heteroatoms. The predicted octanol–water partition coefficient (Wildman–Crippen LogP) is 3.38. The van der Waals surface area contributed by atoms with E-state index in [0.717, 1.165) is 35.5 Å². The largest absolute Gasteiger partial charge is 0.398 e. The smallest absolute Gasteiger partial charge is 0.0406 e. The number of rotatable bonds is 4. The highest BCUT2D eigenvalue weighted by Gasteiger charge is 2.50. The lowest BCUT2D eigenvalue weighted by atomic mass is 9.53. The van der Waals surface area contributed by atoms with E-state index in [-0.39, 0.29) is 0 Å². The summed E-state index contributed by atoms with van der Waals surface area (Å²) in [6, 6.07) is 6.37.